The van der Waals surface area contributed by atoms with Gasteiger partial charge in [0.15, 0.2) is 0 Å². The Balaban J connectivity index is 2.11. The molecular weight excluding hydrogens is 212 g/mol. The van der Waals surface area contributed by atoms with Crippen LogP contribution in [-0.4, -0.2) is 10.9 Å². The number of benzene rings is 1. The second kappa shape index (κ2) is 5.25. The maximum atomic E-state index is 10.8. The number of hydrogen-bond acceptors (Lipinski definition) is 2. The van der Waals surface area contributed by atoms with Crippen LogP contribution in [0.3, 0.4) is 0 Å². The van der Waals surface area contributed by atoms with Crippen molar-refractivity contribution in [1.82, 2.24) is 10.3 Å². The summed E-state index contributed by atoms with van der Waals surface area (Å²) in [6, 6.07) is 12.1. The molecule has 0 fully saturated rings. The fourth-order valence-electron chi connectivity index (χ4n) is 1.59. The highest BCUT2D eigenvalue weighted by Gasteiger charge is 1.98. The molecule has 1 aromatic heterocycles. The zero-order chi connectivity index (χ0) is 12.1. The lowest BCUT2D eigenvalue weighted by atomic mass is 10.1. The summed E-state index contributed by atoms with van der Waals surface area (Å²) in [4.78, 5) is 14.8. The third-order valence-corrected chi connectivity index (χ3v) is 2.51. The van der Waals surface area contributed by atoms with Crippen LogP contribution in [-0.2, 0) is 11.3 Å². The first-order valence-corrected chi connectivity index (χ1v) is 5.49. The maximum absolute atomic E-state index is 10.8. The fraction of sp³-hybridized carbons (Fsp3) is 0.143. The third-order valence-electron chi connectivity index (χ3n) is 2.51. The van der Waals surface area contributed by atoms with Gasteiger partial charge in [-0.3, -0.25) is 9.78 Å². The van der Waals surface area contributed by atoms with Gasteiger partial charge < -0.3 is 5.32 Å². The zero-order valence-corrected chi connectivity index (χ0v) is 9.68. The van der Waals surface area contributed by atoms with Crippen molar-refractivity contribution in [2.75, 3.05) is 0 Å². The Hall–Kier alpha value is -2.16. The molecule has 17 heavy (non-hydrogen) atoms. The first-order valence-electron chi connectivity index (χ1n) is 5.49. The van der Waals surface area contributed by atoms with Crippen molar-refractivity contribution in [1.29, 1.82) is 0 Å². The van der Waals surface area contributed by atoms with Gasteiger partial charge in [-0.1, -0.05) is 24.3 Å². The molecule has 0 aliphatic carbocycles. The molecule has 1 amide bonds. The van der Waals surface area contributed by atoms with Crippen LogP contribution in [0.1, 0.15) is 12.5 Å². The lowest BCUT2D eigenvalue weighted by Crippen LogP contribution is -2.18. The molecule has 3 heteroatoms. The first kappa shape index (κ1) is 11.3. The van der Waals surface area contributed by atoms with Gasteiger partial charge in [0.25, 0.3) is 0 Å². The number of rotatable bonds is 3. The molecule has 1 N–H and O–H groups in total. The van der Waals surface area contributed by atoms with Gasteiger partial charge in [0.05, 0.1) is 0 Å². The van der Waals surface area contributed by atoms with Crippen molar-refractivity contribution in [2.45, 2.75) is 13.5 Å². The van der Waals surface area contributed by atoms with Crippen molar-refractivity contribution in [3.63, 3.8) is 0 Å². The molecular formula is C14H14N2O. The van der Waals surface area contributed by atoms with Crippen molar-refractivity contribution in [2.24, 2.45) is 0 Å². The van der Waals surface area contributed by atoms with Crippen LogP contribution in [0.15, 0.2) is 48.8 Å². The molecule has 0 saturated carbocycles. The van der Waals surface area contributed by atoms with Crippen LogP contribution in [0, 0.1) is 0 Å². The Morgan fingerprint density at radius 2 is 1.65 bits per heavy atom. The van der Waals surface area contributed by atoms with Gasteiger partial charge in [0, 0.05) is 25.9 Å². The van der Waals surface area contributed by atoms with E-state index in [1.165, 1.54) is 6.92 Å². The highest BCUT2D eigenvalue weighted by molar-refractivity contribution is 5.72. The monoisotopic (exact) mass is 226 g/mol. The normalized spacial score (nSPS) is 9.94. The summed E-state index contributed by atoms with van der Waals surface area (Å²) in [7, 11) is 0. The van der Waals surface area contributed by atoms with Gasteiger partial charge in [-0.05, 0) is 28.8 Å². The molecule has 0 aliphatic heterocycles. The average molecular weight is 226 g/mol. The summed E-state index contributed by atoms with van der Waals surface area (Å²) in [5, 5.41) is 2.77. The number of carbonyl (C=O) groups is 1. The second-order valence-electron chi connectivity index (χ2n) is 3.84. The predicted octanol–water partition coefficient (Wildman–Crippen LogP) is 2.38. The summed E-state index contributed by atoms with van der Waals surface area (Å²) < 4.78 is 0. The molecule has 0 radical (unpaired) electrons. The van der Waals surface area contributed by atoms with E-state index in [-0.39, 0.29) is 5.91 Å². The Kier molecular flexibility index (Phi) is 3.50. The number of hydrogen-bond donors (Lipinski definition) is 1. The molecule has 0 atom stereocenters. The lowest BCUT2D eigenvalue weighted by molar-refractivity contribution is -0.119. The van der Waals surface area contributed by atoms with Gasteiger partial charge in [-0.15, -0.1) is 0 Å². The van der Waals surface area contributed by atoms with Crippen LogP contribution in [0.5, 0.6) is 0 Å². The predicted molar refractivity (Wildman–Crippen MR) is 67.2 cm³/mol. The molecule has 2 rings (SSSR count). The number of nitrogens with one attached hydrogen (secondary N) is 1. The lowest BCUT2D eigenvalue weighted by Gasteiger charge is -2.04. The molecule has 0 bridgehead atoms. The largest absolute Gasteiger partial charge is 0.352 e. The molecule has 1 aromatic carbocycles. The first-order chi connectivity index (χ1) is 8.25. The summed E-state index contributed by atoms with van der Waals surface area (Å²) in [6.45, 7) is 2.09. The minimum Gasteiger partial charge on any atom is -0.352 e. The van der Waals surface area contributed by atoms with E-state index in [1.54, 1.807) is 12.4 Å². The zero-order valence-electron chi connectivity index (χ0n) is 9.68. The van der Waals surface area contributed by atoms with E-state index in [4.69, 9.17) is 0 Å². The van der Waals surface area contributed by atoms with E-state index >= 15 is 0 Å². The summed E-state index contributed by atoms with van der Waals surface area (Å²) >= 11 is 0. The van der Waals surface area contributed by atoms with E-state index in [0.717, 1.165) is 16.7 Å². The number of amides is 1. The van der Waals surface area contributed by atoms with Gasteiger partial charge in [0.2, 0.25) is 5.91 Å². The molecule has 0 aliphatic rings. The molecule has 2 aromatic rings. The van der Waals surface area contributed by atoms with Crippen LogP contribution in [0.4, 0.5) is 0 Å². The Labute approximate surface area is 101 Å². The Morgan fingerprint density at radius 1 is 1.06 bits per heavy atom. The van der Waals surface area contributed by atoms with Crippen LogP contribution in [0.25, 0.3) is 11.1 Å². The fourth-order valence-corrected chi connectivity index (χ4v) is 1.59. The SMILES string of the molecule is CC(=O)NCc1ccc(-c2ccncc2)cc1. The van der Waals surface area contributed by atoms with Crippen molar-refractivity contribution < 1.29 is 4.79 Å². The van der Waals surface area contributed by atoms with E-state index in [0.29, 0.717) is 6.54 Å². The Bertz CT molecular complexity index is 491. The molecule has 0 unspecified atom stereocenters. The number of aromatic nitrogens is 1. The topological polar surface area (TPSA) is 42.0 Å². The molecule has 0 saturated heterocycles. The summed E-state index contributed by atoms with van der Waals surface area (Å²) in [5.41, 5.74) is 3.39. The molecule has 1 heterocycles. The third kappa shape index (κ3) is 3.14. The number of pyridine rings is 1. The van der Waals surface area contributed by atoms with Crippen LogP contribution < -0.4 is 5.32 Å². The van der Waals surface area contributed by atoms with Crippen LogP contribution >= 0.6 is 0 Å². The van der Waals surface area contributed by atoms with E-state index in [2.05, 4.69) is 10.3 Å². The Morgan fingerprint density at radius 3 is 2.24 bits per heavy atom. The van der Waals surface area contributed by atoms with Crippen molar-refractivity contribution in [3.8, 4) is 11.1 Å². The molecule has 0 spiro atoms. The van der Waals surface area contributed by atoms with Gasteiger partial charge in [-0.2, -0.15) is 0 Å². The molecule has 86 valence electrons. The standard InChI is InChI=1S/C14H14N2O/c1-11(17)16-10-12-2-4-13(5-3-12)14-6-8-15-9-7-14/h2-9H,10H2,1H3,(H,16,17). The van der Waals surface area contributed by atoms with Gasteiger partial charge in [0.1, 0.15) is 0 Å². The quantitative estimate of drug-likeness (QED) is 0.873. The summed E-state index contributed by atoms with van der Waals surface area (Å²) in [5.74, 6) is -0.0109. The molecule has 3 nitrogen and oxygen atoms in total. The van der Waals surface area contributed by atoms with E-state index in [1.807, 2.05) is 36.4 Å². The average Bonchev–Trinajstić information content (AvgIpc) is 2.38. The minimum atomic E-state index is -0.0109. The number of nitrogens with zero attached hydrogens (tertiary/aromatic N) is 1. The van der Waals surface area contributed by atoms with E-state index < -0.39 is 0 Å². The van der Waals surface area contributed by atoms with Gasteiger partial charge in [-0.25, -0.2) is 0 Å². The maximum Gasteiger partial charge on any atom is 0.217 e. The number of carbonyl (C=O) groups excluding carboxylic acids is 1. The minimum absolute atomic E-state index is 0.0109. The van der Waals surface area contributed by atoms with Crippen molar-refractivity contribution >= 4 is 5.91 Å². The highest BCUT2D eigenvalue weighted by Crippen LogP contribution is 2.18. The summed E-state index contributed by atoms with van der Waals surface area (Å²) in [6.07, 6.45) is 3.56. The smallest absolute Gasteiger partial charge is 0.217 e. The van der Waals surface area contributed by atoms with E-state index in [9.17, 15) is 4.79 Å². The highest BCUT2D eigenvalue weighted by atomic mass is 16.1. The van der Waals surface area contributed by atoms with Gasteiger partial charge >= 0.3 is 0 Å². The van der Waals surface area contributed by atoms with Crippen molar-refractivity contribution in [3.05, 3.63) is 54.4 Å². The van der Waals surface area contributed by atoms with Crippen LogP contribution in [0.2, 0.25) is 0 Å². The second-order valence-corrected chi connectivity index (χ2v) is 3.84.